The van der Waals surface area contributed by atoms with Gasteiger partial charge in [-0.15, -0.1) is 0 Å². The van der Waals surface area contributed by atoms with Crippen LogP contribution in [0.1, 0.15) is 0 Å². The molecule has 298 valence electrons. The van der Waals surface area contributed by atoms with Crippen LogP contribution in [0.15, 0.2) is 221 Å². The zero-order chi connectivity index (χ0) is 42.1. The Morgan fingerprint density at radius 3 is 1.70 bits per heavy atom. The van der Waals surface area contributed by atoms with Gasteiger partial charge < -0.3 is 8.83 Å². The second-order valence-corrected chi connectivity index (χ2v) is 16.3. The zero-order valence-corrected chi connectivity index (χ0v) is 34.4. The third-order valence-corrected chi connectivity index (χ3v) is 12.5. The summed E-state index contributed by atoms with van der Waals surface area (Å²) in [5.74, 6) is 0.632. The quantitative estimate of drug-likeness (QED) is 0.156. The van der Waals surface area contributed by atoms with E-state index in [1.165, 1.54) is 0 Å². The molecule has 0 saturated heterocycles. The molecule has 13 aromatic rings. The lowest BCUT2D eigenvalue weighted by Crippen LogP contribution is -1.97. The monoisotopic (exact) mass is 817 g/mol. The molecule has 0 aliphatic rings. The van der Waals surface area contributed by atoms with Crippen LogP contribution in [0.4, 0.5) is 0 Å². The van der Waals surface area contributed by atoms with E-state index in [-0.39, 0.29) is 0 Å². The van der Waals surface area contributed by atoms with Crippen molar-refractivity contribution in [3.8, 4) is 67.4 Å². The number of hydrogen-bond acceptors (Lipinski definition) is 5. The standard InChI is InChI=1S/C59H35N3O2/c1-3-16-36(17-4-1)49-35-50(39-21-13-20-38(32-39)42-27-15-28-44-43-24-8-11-30-51(43)64-58(42)44)62-59(61-49)41-23-14-22-40(33-41)54-55-45-25-7-10-29-48(45)60-57(37-18-5-2-6-19-37)47(55)34-53-56(54)46-26-9-12-31-52(46)63-53/h1-35H. The fourth-order valence-corrected chi connectivity index (χ4v) is 9.54. The molecule has 4 aromatic heterocycles. The number of fused-ring (bicyclic) bond motifs is 9. The van der Waals surface area contributed by atoms with E-state index in [2.05, 4.69) is 176 Å². The summed E-state index contributed by atoms with van der Waals surface area (Å²) in [6.45, 7) is 0. The van der Waals surface area contributed by atoms with E-state index < -0.39 is 0 Å². The fraction of sp³-hybridized carbons (Fsp3) is 0. The zero-order valence-electron chi connectivity index (χ0n) is 34.4. The van der Waals surface area contributed by atoms with Crippen molar-refractivity contribution in [1.29, 1.82) is 0 Å². The lowest BCUT2D eigenvalue weighted by molar-refractivity contribution is 0.669. The van der Waals surface area contributed by atoms with Gasteiger partial charge in [0.05, 0.1) is 22.6 Å². The molecule has 0 spiro atoms. The molecule has 0 bridgehead atoms. The van der Waals surface area contributed by atoms with E-state index in [0.29, 0.717) is 5.82 Å². The number of hydrogen-bond donors (Lipinski definition) is 0. The second kappa shape index (κ2) is 14.5. The van der Waals surface area contributed by atoms with Crippen molar-refractivity contribution >= 4 is 65.6 Å². The summed E-state index contributed by atoms with van der Waals surface area (Å²) >= 11 is 0. The molecular weight excluding hydrogens is 783 g/mol. The van der Waals surface area contributed by atoms with Gasteiger partial charge in [-0.2, -0.15) is 0 Å². The first kappa shape index (κ1) is 36.0. The highest BCUT2D eigenvalue weighted by atomic mass is 16.3. The van der Waals surface area contributed by atoms with Gasteiger partial charge in [0.15, 0.2) is 5.82 Å². The van der Waals surface area contributed by atoms with Gasteiger partial charge in [0.2, 0.25) is 0 Å². The Kier molecular flexibility index (Phi) is 8.15. The number of rotatable bonds is 6. The Morgan fingerprint density at radius 2 is 0.891 bits per heavy atom. The molecule has 4 heterocycles. The van der Waals surface area contributed by atoms with Gasteiger partial charge in [0.1, 0.15) is 22.3 Å². The smallest absolute Gasteiger partial charge is 0.160 e. The lowest BCUT2D eigenvalue weighted by atomic mass is 9.89. The van der Waals surface area contributed by atoms with Crippen LogP contribution in [0.3, 0.4) is 0 Å². The number of benzene rings is 9. The Hall–Kier alpha value is -8.67. The van der Waals surface area contributed by atoms with Gasteiger partial charge >= 0.3 is 0 Å². The van der Waals surface area contributed by atoms with Crippen LogP contribution in [0.2, 0.25) is 0 Å². The average Bonchev–Trinajstić information content (AvgIpc) is 3.94. The summed E-state index contributed by atoms with van der Waals surface area (Å²) in [6, 6.07) is 73.6. The van der Waals surface area contributed by atoms with Crippen molar-refractivity contribution in [1.82, 2.24) is 15.0 Å². The van der Waals surface area contributed by atoms with Crippen LogP contribution in [-0.2, 0) is 0 Å². The molecule has 0 atom stereocenters. The first-order chi connectivity index (χ1) is 31.7. The van der Waals surface area contributed by atoms with Crippen LogP contribution in [0, 0.1) is 0 Å². The molecule has 0 fully saturated rings. The topological polar surface area (TPSA) is 65.0 Å². The minimum absolute atomic E-state index is 0.632. The molecular formula is C59H35N3O2. The Morgan fingerprint density at radius 1 is 0.312 bits per heavy atom. The molecule has 0 unspecified atom stereocenters. The summed E-state index contributed by atoms with van der Waals surface area (Å²) in [7, 11) is 0. The molecule has 5 heteroatoms. The predicted octanol–water partition coefficient (Wildman–Crippen LogP) is 16.0. The summed E-state index contributed by atoms with van der Waals surface area (Å²) < 4.78 is 13.2. The maximum absolute atomic E-state index is 6.69. The highest BCUT2D eigenvalue weighted by Crippen LogP contribution is 2.47. The van der Waals surface area contributed by atoms with E-state index in [9.17, 15) is 0 Å². The molecule has 64 heavy (non-hydrogen) atoms. The number of pyridine rings is 1. The van der Waals surface area contributed by atoms with Crippen molar-refractivity contribution < 1.29 is 8.83 Å². The van der Waals surface area contributed by atoms with Crippen LogP contribution in [-0.4, -0.2) is 15.0 Å². The second-order valence-electron chi connectivity index (χ2n) is 16.3. The molecule has 0 radical (unpaired) electrons. The number of furan rings is 2. The van der Waals surface area contributed by atoms with E-state index in [4.69, 9.17) is 23.8 Å². The van der Waals surface area contributed by atoms with Crippen molar-refractivity contribution in [2.24, 2.45) is 0 Å². The molecule has 0 aliphatic carbocycles. The van der Waals surface area contributed by atoms with Crippen molar-refractivity contribution in [2.45, 2.75) is 0 Å². The maximum Gasteiger partial charge on any atom is 0.160 e. The summed E-state index contributed by atoms with van der Waals surface area (Å²) in [5.41, 5.74) is 15.1. The van der Waals surface area contributed by atoms with Gasteiger partial charge in [0.25, 0.3) is 0 Å². The molecule has 5 nitrogen and oxygen atoms in total. The Bertz CT molecular complexity index is 3960. The van der Waals surface area contributed by atoms with E-state index in [1.54, 1.807) is 0 Å². The predicted molar refractivity (Wildman–Crippen MR) is 262 cm³/mol. The summed E-state index contributed by atoms with van der Waals surface area (Å²) in [4.78, 5) is 16.0. The molecule has 9 aromatic carbocycles. The Labute approximate surface area is 367 Å². The SMILES string of the molecule is c1ccc(-c2cc(-c3cccc(-c4cccc5c4oc4ccccc45)c3)nc(-c3cccc(-c4c5c(cc6c(-c7ccccc7)nc7ccccc7c46)oc4ccccc45)c3)n2)cc1. The lowest BCUT2D eigenvalue weighted by Gasteiger charge is -2.16. The molecule has 13 rings (SSSR count). The summed E-state index contributed by atoms with van der Waals surface area (Å²) in [5, 5.41) is 7.55. The average molecular weight is 818 g/mol. The van der Waals surface area contributed by atoms with Gasteiger partial charge in [-0.1, -0.05) is 170 Å². The van der Waals surface area contributed by atoms with Crippen LogP contribution < -0.4 is 0 Å². The molecule has 0 N–H and O–H groups in total. The Balaban J connectivity index is 1.04. The normalized spacial score (nSPS) is 11.8. The van der Waals surface area contributed by atoms with Crippen molar-refractivity contribution in [3.63, 3.8) is 0 Å². The molecule has 0 aliphatic heterocycles. The van der Waals surface area contributed by atoms with Crippen molar-refractivity contribution in [2.75, 3.05) is 0 Å². The number of para-hydroxylation sites is 4. The largest absolute Gasteiger partial charge is 0.456 e. The van der Waals surface area contributed by atoms with E-state index in [1.807, 2.05) is 36.4 Å². The van der Waals surface area contributed by atoms with Gasteiger partial charge in [-0.25, -0.2) is 15.0 Å². The van der Waals surface area contributed by atoms with Crippen LogP contribution in [0.5, 0.6) is 0 Å². The minimum Gasteiger partial charge on any atom is -0.456 e. The van der Waals surface area contributed by atoms with Crippen LogP contribution in [0.25, 0.3) is 133 Å². The minimum atomic E-state index is 0.632. The fourth-order valence-electron chi connectivity index (χ4n) is 9.54. The van der Waals surface area contributed by atoms with Gasteiger partial charge in [-0.05, 0) is 53.6 Å². The van der Waals surface area contributed by atoms with E-state index >= 15 is 0 Å². The number of aromatic nitrogens is 3. The highest BCUT2D eigenvalue weighted by Gasteiger charge is 2.23. The van der Waals surface area contributed by atoms with Gasteiger partial charge in [-0.3, -0.25) is 0 Å². The third-order valence-electron chi connectivity index (χ3n) is 12.5. The van der Waals surface area contributed by atoms with Crippen LogP contribution >= 0.6 is 0 Å². The molecule has 0 saturated carbocycles. The molecule has 0 amide bonds. The summed E-state index contributed by atoms with van der Waals surface area (Å²) in [6.07, 6.45) is 0. The maximum atomic E-state index is 6.69. The number of nitrogens with zero attached hydrogens (tertiary/aromatic N) is 3. The van der Waals surface area contributed by atoms with E-state index in [0.717, 1.165) is 127 Å². The third kappa shape index (κ3) is 5.83. The first-order valence-electron chi connectivity index (χ1n) is 21.5. The van der Waals surface area contributed by atoms with Crippen molar-refractivity contribution in [3.05, 3.63) is 212 Å². The highest BCUT2D eigenvalue weighted by molar-refractivity contribution is 6.28. The van der Waals surface area contributed by atoms with Gasteiger partial charge in [0, 0.05) is 71.1 Å². The first-order valence-corrected chi connectivity index (χ1v) is 21.5.